The monoisotopic (exact) mass is 181 g/mol. The Bertz CT molecular complexity index is 261. The highest BCUT2D eigenvalue weighted by Gasteiger charge is 1.99. The van der Waals surface area contributed by atoms with E-state index in [9.17, 15) is 4.79 Å². The van der Waals surface area contributed by atoms with Crippen molar-refractivity contribution < 1.29 is 14.6 Å². The third kappa shape index (κ3) is 3.68. The molecule has 0 saturated heterocycles. The van der Waals surface area contributed by atoms with Crippen molar-refractivity contribution in [3.05, 3.63) is 35.9 Å². The van der Waals surface area contributed by atoms with Gasteiger partial charge >= 0.3 is 5.97 Å². The molecule has 0 atom stereocenters. The molecule has 4 heteroatoms. The van der Waals surface area contributed by atoms with Crippen molar-refractivity contribution in [2.75, 3.05) is 6.54 Å². The molecule has 0 heterocycles. The maximum absolute atomic E-state index is 10.5. The van der Waals surface area contributed by atoms with Crippen molar-refractivity contribution in [3.63, 3.8) is 0 Å². The number of hydrogen-bond donors (Lipinski definition) is 1. The summed E-state index contributed by atoms with van der Waals surface area (Å²) in [5.74, 6) is -0.573. The highest BCUT2D eigenvalue weighted by molar-refractivity contribution is 5.70. The van der Waals surface area contributed by atoms with Crippen molar-refractivity contribution in [1.29, 1.82) is 0 Å². The molecule has 0 unspecified atom stereocenters. The lowest BCUT2D eigenvalue weighted by molar-refractivity contribution is -0.278. The molecule has 1 aromatic carbocycles. The first-order chi connectivity index (χ1) is 6.33. The molecule has 0 fully saturated rings. The smallest absolute Gasteiger partial charge is 0.321 e. The summed E-state index contributed by atoms with van der Waals surface area (Å²) in [4.78, 5) is 19.5. The molecule has 0 aliphatic heterocycles. The van der Waals surface area contributed by atoms with E-state index >= 15 is 0 Å². The molecular formula is C9H11NO3. The van der Waals surface area contributed by atoms with E-state index in [2.05, 4.69) is 9.78 Å². The number of carbonyl (C=O) groups excluding carboxylic acids is 1. The summed E-state index contributed by atoms with van der Waals surface area (Å²) >= 11 is 0. The fourth-order valence-corrected chi connectivity index (χ4v) is 0.771. The van der Waals surface area contributed by atoms with Crippen LogP contribution < -0.4 is 5.73 Å². The first-order valence-electron chi connectivity index (χ1n) is 3.89. The Kier molecular flexibility index (Phi) is 3.95. The summed E-state index contributed by atoms with van der Waals surface area (Å²) in [6, 6.07) is 9.40. The average molecular weight is 181 g/mol. The van der Waals surface area contributed by atoms with Gasteiger partial charge in [-0.3, -0.25) is 4.89 Å². The molecule has 0 aliphatic rings. The predicted molar refractivity (Wildman–Crippen MR) is 46.4 cm³/mol. The van der Waals surface area contributed by atoms with E-state index in [0.717, 1.165) is 5.56 Å². The molecular weight excluding hydrogens is 170 g/mol. The van der Waals surface area contributed by atoms with Gasteiger partial charge in [-0.15, -0.1) is 0 Å². The quantitative estimate of drug-likeness (QED) is 0.546. The number of rotatable bonds is 4. The van der Waals surface area contributed by atoms with Crippen molar-refractivity contribution in [2.24, 2.45) is 5.73 Å². The number of hydrogen-bond acceptors (Lipinski definition) is 4. The first kappa shape index (κ1) is 9.70. The summed E-state index contributed by atoms with van der Waals surface area (Å²) < 4.78 is 0. The topological polar surface area (TPSA) is 61.6 Å². The third-order valence-electron chi connectivity index (χ3n) is 1.39. The average Bonchev–Trinajstić information content (AvgIpc) is 2.19. The van der Waals surface area contributed by atoms with Crippen LogP contribution in [0.1, 0.15) is 5.56 Å². The Morgan fingerprint density at radius 1 is 1.31 bits per heavy atom. The van der Waals surface area contributed by atoms with Crippen LogP contribution in [0.15, 0.2) is 30.3 Å². The normalized spacial score (nSPS) is 9.62. The Hall–Kier alpha value is -1.39. The molecule has 0 radical (unpaired) electrons. The zero-order chi connectivity index (χ0) is 9.52. The summed E-state index contributed by atoms with van der Waals surface area (Å²) in [6.45, 7) is 0.0708. The molecule has 0 aromatic heterocycles. The molecule has 1 aromatic rings. The van der Waals surface area contributed by atoms with Crippen LogP contribution in [0, 0.1) is 0 Å². The largest absolute Gasteiger partial charge is 0.355 e. The van der Waals surface area contributed by atoms with E-state index < -0.39 is 5.97 Å². The van der Waals surface area contributed by atoms with Crippen LogP contribution in [0.2, 0.25) is 0 Å². The molecule has 0 spiro atoms. The lowest BCUT2D eigenvalue weighted by atomic mass is 10.2. The van der Waals surface area contributed by atoms with Gasteiger partial charge in [0.25, 0.3) is 0 Å². The van der Waals surface area contributed by atoms with Gasteiger partial charge in [-0.05, 0) is 5.56 Å². The van der Waals surface area contributed by atoms with Crippen LogP contribution in [0.25, 0.3) is 0 Å². The molecule has 70 valence electrons. The fraction of sp³-hybridized carbons (Fsp3) is 0.222. The molecule has 2 N–H and O–H groups in total. The highest BCUT2D eigenvalue weighted by atomic mass is 17.2. The van der Waals surface area contributed by atoms with Crippen LogP contribution in [0.3, 0.4) is 0 Å². The minimum Gasteiger partial charge on any atom is -0.321 e. The van der Waals surface area contributed by atoms with E-state index in [-0.39, 0.29) is 13.2 Å². The molecule has 0 amide bonds. The van der Waals surface area contributed by atoms with Crippen molar-refractivity contribution in [3.8, 4) is 0 Å². The van der Waals surface area contributed by atoms with E-state index in [1.165, 1.54) is 0 Å². The summed E-state index contributed by atoms with van der Waals surface area (Å²) in [6.07, 6.45) is 0. The minimum absolute atomic E-state index is 0.172. The van der Waals surface area contributed by atoms with Gasteiger partial charge in [0.15, 0.2) is 0 Å². The summed E-state index contributed by atoms with van der Waals surface area (Å²) in [5.41, 5.74) is 5.93. The van der Waals surface area contributed by atoms with Gasteiger partial charge in [0, 0.05) is 0 Å². The summed E-state index contributed by atoms with van der Waals surface area (Å²) in [5, 5.41) is 0. The van der Waals surface area contributed by atoms with E-state index in [4.69, 9.17) is 5.73 Å². The fourth-order valence-electron chi connectivity index (χ4n) is 0.771. The molecule has 0 bridgehead atoms. The van der Waals surface area contributed by atoms with Crippen molar-refractivity contribution in [1.82, 2.24) is 0 Å². The maximum Gasteiger partial charge on any atom is 0.355 e. The van der Waals surface area contributed by atoms with Crippen LogP contribution in [-0.2, 0) is 21.2 Å². The highest BCUT2D eigenvalue weighted by Crippen LogP contribution is 2.00. The van der Waals surface area contributed by atoms with Gasteiger partial charge in [0.1, 0.15) is 6.61 Å². The molecule has 0 aliphatic carbocycles. The van der Waals surface area contributed by atoms with Crippen molar-refractivity contribution >= 4 is 5.97 Å². The second-order valence-electron chi connectivity index (χ2n) is 2.41. The molecule has 4 nitrogen and oxygen atoms in total. The first-order valence-corrected chi connectivity index (χ1v) is 3.89. The van der Waals surface area contributed by atoms with Gasteiger partial charge in [0.05, 0.1) is 6.54 Å². The zero-order valence-corrected chi connectivity index (χ0v) is 7.10. The van der Waals surface area contributed by atoms with E-state index in [0.29, 0.717) is 0 Å². The van der Waals surface area contributed by atoms with Gasteiger partial charge in [-0.1, -0.05) is 30.3 Å². The van der Waals surface area contributed by atoms with Gasteiger partial charge < -0.3 is 5.73 Å². The maximum atomic E-state index is 10.5. The molecule has 1 rings (SSSR count). The second kappa shape index (κ2) is 5.29. The summed E-state index contributed by atoms with van der Waals surface area (Å²) in [7, 11) is 0. The zero-order valence-electron chi connectivity index (χ0n) is 7.10. The Labute approximate surface area is 76.2 Å². The van der Waals surface area contributed by atoms with Crippen LogP contribution in [0.4, 0.5) is 0 Å². The number of benzene rings is 1. The number of nitrogens with two attached hydrogens (primary N) is 1. The molecule has 0 saturated carbocycles. The Balaban J connectivity index is 2.24. The predicted octanol–water partition coefficient (Wildman–Crippen LogP) is 0.620. The van der Waals surface area contributed by atoms with Crippen LogP contribution in [0.5, 0.6) is 0 Å². The minimum atomic E-state index is -0.573. The third-order valence-corrected chi connectivity index (χ3v) is 1.39. The Morgan fingerprint density at radius 2 is 2.00 bits per heavy atom. The van der Waals surface area contributed by atoms with Crippen LogP contribution >= 0.6 is 0 Å². The van der Waals surface area contributed by atoms with Gasteiger partial charge in [-0.25, -0.2) is 4.79 Å². The van der Waals surface area contributed by atoms with E-state index in [1.807, 2.05) is 30.3 Å². The second-order valence-corrected chi connectivity index (χ2v) is 2.41. The molecule has 13 heavy (non-hydrogen) atoms. The van der Waals surface area contributed by atoms with Crippen molar-refractivity contribution in [2.45, 2.75) is 6.61 Å². The standard InChI is InChI=1S/C9H11NO3/c10-6-9(11)13-12-7-8-4-2-1-3-5-8/h1-5H,6-7,10H2. The lowest BCUT2D eigenvalue weighted by Crippen LogP contribution is -2.16. The van der Waals surface area contributed by atoms with E-state index in [1.54, 1.807) is 0 Å². The SMILES string of the molecule is NCC(=O)OOCc1ccccc1. The Morgan fingerprint density at radius 3 is 2.62 bits per heavy atom. The number of carbonyl (C=O) groups is 1. The lowest BCUT2D eigenvalue weighted by Gasteiger charge is -2.01. The van der Waals surface area contributed by atoms with Gasteiger partial charge in [0.2, 0.25) is 0 Å². The van der Waals surface area contributed by atoms with Gasteiger partial charge in [-0.2, -0.15) is 4.89 Å². The van der Waals surface area contributed by atoms with Crippen LogP contribution in [-0.4, -0.2) is 12.5 Å².